The van der Waals surface area contributed by atoms with Crippen LogP contribution >= 0.6 is 0 Å². The summed E-state index contributed by atoms with van der Waals surface area (Å²) in [7, 11) is -1.17. The van der Waals surface area contributed by atoms with Crippen LogP contribution in [0.15, 0.2) is 18.2 Å². The lowest BCUT2D eigenvalue weighted by Crippen LogP contribution is -2.26. The highest BCUT2D eigenvalue weighted by molar-refractivity contribution is 7.91. The number of aryl methyl sites for hydroxylation is 2. The van der Waals surface area contributed by atoms with Gasteiger partial charge >= 0.3 is 0 Å². The monoisotopic (exact) mass is 255 g/mol. The highest BCUT2D eigenvalue weighted by atomic mass is 32.2. The maximum Gasteiger partial charge on any atom is 0.151 e. The van der Waals surface area contributed by atoms with Crippen LogP contribution in [0, 0.1) is 13.8 Å². The first kappa shape index (κ1) is 14.2. The lowest BCUT2D eigenvalue weighted by Gasteiger charge is -2.17. The molecule has 0 amide bonds. The predicted octanol–water partition coefficient (Wildman–Crippen LogP) is 2.00. The Morgan fingerprint density at radius 3 is 2.12 bits per heavy atom. The van der Waals surface area contributed by atoms with E-state index < -0.39 is 9.84 Å². The van der Waals surface area contributed by atoms with Crippen molar-refractivity contribution in [2.45, 2.75) is 26.8 Å². The molecule has 1 unspecified atom stereocenters. The third kappa shape index (κ3) is 4.13. The Labute approximate surface area is 104 Å². The van der Waals surface area contributed by atoms with E-state index in [1.807, 2.05) is 26.0 Å². The zero-order valence-corrected chi connectivity index (χ0v) is 11.8. The normalized spacial score (nSPS) is 13.6. The van der Waals surface area contributed by atoms with Gasteiger partial charge in [-0.05, 0) is 26.5 Å². The van der Waals surface area contributed by atoms with Gasteiger partial charge in [-0.15, -0.1) is 0 Å². The number of benzene rings is 1. The molecule has 0 saturated heterocycles. The molecule has 1 N–H and O–H groups in total. The van der Waals surface area contributed by atoms with E-state index in [2.05, 4.69) is 11.4 Å². The van der Waals surface area contributed by atoms with Crippen LogP contribution in [0.4, 0.5) is 0 Å². The first-order valence-corrected chi connectivity index (χ1v) is 7.66. The van der Waals surface area contributed by atoms with Crippen LogP contribution in [0.3, 0.4) is 0 Å². The lowest BCUT2D eigenvalue weighted by molar-refractivity contribution is 0.575. The second-order valence-corrected chi connectivity index (χ2v) is 6.86. The van der Waals surface area contributed by atoms with Gasteiger partial charge < -0.3 is 5.32 Å². The highest BCUT2D eigenvalue weighted by Crippen LogP contribution is 2.18. The molecular weight excluding hydrogens is 234 g/mol. The van der Waals surface area contributed by atoms with Crippen LogP contribution in [0.1, 0.15) is 29.7 Å². The van der Waals surface area contributed by atoms with E-state index >= 15 is 0 Å². The average Bonchev–Trinajstić information content (AvgIpc) is 2.24. The highest BCUT2D eigenvalue weighted by Gasteiger charge is 2.18. The summed E-state index contributed by atoms with van der Waals surface area (Å²) in [5.74, 6) is 0.346. The van der Waals surface area contributed by atoms with E-state index in [1.165, 1.54) is 0 Å². The van der Waals surface area contributed by atoms with Gasteiger partial charge in [-0.2, -0.15) is 0 Å². The Kier molecular flexibility index (Phi) is 4.71. The van der Waals surface area contributed by atoms with Gasteiger partial charge in [0.25, 0.3) is 0 Å². The van der Waals surface area contributed by atoms with Crippen molar-refractivity contribution in [2.24, 2.45) is 0 Å². The van der Waals surface area contributed by atoms with Crippen molar-refractivity contribution in [3.05, 3.63) is 34.9 Å². The number of sulfone groups is 1. The second kappa shape index (κ2) is 5.65. The van der Waals surface area contributed by atoms with Crippen LogP contribution in [0.25, 0.3) is 0 Å². The zero-order chi connectivity index (χ0) is 13.1. The summed E-state index contributed by atoms with van der Waals surface area (Å²) in [5, 5.41) is 3.08. The molecule has 0 aromatic heterocycles. The third-order valence-electron chi connectivity index (χ3n) is 2.86. The smallest absolute Gasteiger partial charge is 0.151 e. The van der Waals surface area contributed by atoms with Gasteiger partial charge in [-0.3, -0.25) is 0 Å². The molecule has 1 rings (SSSR count). The largest absolute Gasteiger partial charge is 0.312 e. The fourth-order valence-electron chi connectivity index (χ4n) is 1.93. The van der Waals surface area contributed by atoms with E-state index in [9.17, 15) is 8.42 Å². The molecule has 0 aliphatic rings. The molecule has 17 heavy (non-hydrogen) atoms. The average molecular weight is 255 g/mol. The van der Waals surface area contributed by atoms with Gasteiger partial charge in [-0.25, -0.2) is 8.42 Å². The first-order valence-electron chi connectivity index (χ1n) is 5.84. The summed E-state index contributed by atoms with van der Waals surface area (Å²) in [6, 6.07) is 6.04. The molecule has 0 aliphatic heterocycles. The van der Waals surface area contributed by atoms with E-state index in [0.29, 0.717) is 0 Å². The van der Waals surface area contributed by atoms with Crippen LogP contribution in [-0.4, -0.2) is 27.0 Å². The maximum atomic E-state index is 11.7. The Morgan fingerprint density at radius 2 is 1.71 bits per heavy atom. The standard InChI is InChI=1S/C13H21NO2S/c1-5-17(15,16)9-13(14-4)12-7-10(2)6-11(3)8-12/h6-8,13-14H,5,9H2,1-4H3. The van der Waals surface area contributed by atoms with Crippen LogP contribution < -0.4 is 5.32 Å². The summed E-state index contributed by atoms with van der Waals surface area (Å²) in [6.07, 6.45) is 0. The van der Waals surface area contributed by atoms with Crippen molar-refractivity contribution < 1.29 is 8.42 Å². The van der Waals surface area contributed by atoms with Gasteiger partial charge in [-0.1, -0.05) is 36.2 Å². The minimum atomic E-state index is -2.97. The number of rotatable bonds is 5. The SMILES string of the molecule is CCS(=O)(=O)CC(NC)c1cc(C)cc(C)c1. The predicted molar refractivity (Wildman–Crippen MR) is 72.0 cm³/mol. The topological polar surface area (TPSA) is 46.2 Å². The quantitative estimate of drug-likeness (QED) is 0.875. The molecule has 0 heterocycles. The van der Waals surface area contributed by atoms with E-state index in [4.69, 9.17) is 0 Å². The summed E-state index contributed by atoms with van der Waals surface area (Å²) in [5.41, 5.74) is 3.37. The van der Waals surface area contributed by atoms with E-state index in [0.717, 1.165) is 16.7 Å². The Balaban J connectivity index is 3.02. The molecule has 1 atom stereocenters. The minimum Gasteiger partial charge on any atom is -0.312 e. The van der Waals surface area contributed by atoms with Crippen molar-refractivity contribution in [2.75, 3.05) is 18.6 Å². The Hall–Kier alpha value is -0.870. The van der Waals surface area contributed by atoms with Crippen LogP contribution in [0.5, 0.6) is 0 Å². The summed E-state index contributed by atoms with van der Waals surface area (Å²) in [4.78, 5) is 0. The molecular formula is C13H21NO2S. The van der Waals surface area contributed by atoms with Gasteiger partial charge in [0, 0.05) is 11.8 Å². The molecule has 0 bridgehead atoms. The van der Waals surface area contributed by atoms with E-state index in [-0.39, 0.29) is 17.5 Å². The van der Waals surface area contributed by atoms with Gasteiger partial charge in [0.05, 0.1) is 5.75 Å². The number of hydrogen-bond donors (Lipinski definition) is 1. The maximum absolute atomic E-state index is 11.7. The molecule has 4 heteroatoms. The number of hydrogen-bond acceptors (Lipinski definition) is 3. The fraction of sp³-hybridized carbons (Fsp3) is 0.538. The molecule has 96 valence electrons. The summed E-state index contributed by atoms with van der Waals surface area (Å²) in [6.45, 7) is 5.73. The Bertz CT molecular complexity index is 460. The molecule has 0 aliphatic carbocycles. The van der Waals surface area contributed by atoms with Gasteiger partial charge in [0.2, 0.25) is 0 Å². The van der Waals surface area contributed by atoms with Crippen molar-refractivity contribution >= 4 is 9.84 Å². The first-order chi connectivity index (χ1) is 7.88. The second-order valence-electron chi connectivity index (χ2n) is 4.46. The minimum absolute atomic E-state index is 0.126. The van der Waals surface area contributed by atoms with Crippen molar-refractivity contribution in [1.29, 1.82) is 0 Å². The van der Waals surface area contributed by atoms with Crippen LogP contribution in [0.2, 0.25) is 0 Å². The zero-order valence-electron chi connectivity index (χ0n) is 10.9. The van der Waals surface area contributed by atoms with Crippen molar-refractivity contribution in [3.8, 4) is 0 Å². The molecule has 0 radical (unpaired) electrons. The van der Waals surface area contributed by atoms with Crippen molar-refractivity contribution in [3.63, 3.8) is 0 Å². The van der Waals surface area contributed by atoms with Crippen LogP contribution in [-0.2, 0) is 9.84 Å². The molecule has 0 saturated carbocycles. The van der Waals surface area contributed by atoms with Crippen molar-refractivity contribution in [1.82, 2.24) is 5.32 Å². The van der Waals surface area contributed by atoms with Gasteiger partial charge in [0.15, 0.2) is 9.84 Å². The summed E-state index contributed by atoms with van der Waals surface area (Å²) >= 11 is 0. The van der Waals surface area contributed by atoms with E-state index in [1.54, 1.807) is 14.0 Å². The molecule has 3 nitrogen and oxygen atoms in total. The van der Waals surface area contributed by atoms with Gasteiger partial charge in [0.1, 0.15) is 0 Å². The Morgan fingerprint density at radius 1 is 1.18 bits per heavy atom. The lowest BCUT2D eigenvalue weighted by atomic mass is 10.0. The molecule has 0 spiro atoms. The summed E-state index contributed by atoms with van der Waals surface area (Å²) < 4.78 is 23.3. The molecule has 1 aromatic carbocycles. The fourth-order valence-corrected chi connectivity index (χ4v) is 3.03. The number of nitrogens with one attached hydrogen (secondary N) is 1. The molecule has 1 aromatic rings. The third-order valence-corrected chi connectivity index (χ3v) is 4.58. The molecule has 0 fully saturated rings.